The Morgan fingerprint density at radius 2 is 1.92 bits per heavy atom. The van der Waals surface area contributed by atoms with Crippen LogP contribution < -0.4 is 5.32 Å². The molecule has 126 valence electrons. The molecule has 0 aliphatic carbocycles. The van der Waals surface area contributed by atoms with E-state index in [0.717, 1.165) is 36.3 Å². The number of amides is 1. The average molecular weight is 389 g/mol. The lowest BCUT2D eigenvalue weighted by molar-refractivity contribution is 0.0664. The van der Waals surface area contributed by atoms with Gasteiger partial charge in [-0.05, 0) is 43.8 Å². The maximum atomic E-state index is 12.7. The molecule has 0 spiro atoms. The van der Waals surface area contributed by atoms with Crippen LogP contribution >= 0.6 is 15.9 Å². The molecule has 24 heavy (non-hydrogen) atoms. The number of carbonyl (C=O) groups is 1. The summed E-state index contributed by atoms with van der Waals surface area (Å²) in [5.41, 5.74) is 2.78. The van der Waals surface area contributed by atoms with Gasteiger partial charge in [-0.3, -0.25) is 4.79 Å². The predicted molar refractivity (Wildman–Crippen MR) is 99.8 cm³/mol. The van der Waals surface area contributed by atoms with Gasteiger partial charge >= 0.3 is 0 Å². The first kappa shape index (κ1) is 16.9. The Hall–Kier alpha value is -1.92. The number of hydrogen-bond donors (Lipinski definition) is 1. The topological polar surface area (TPSA) is 48.5 Å². The molecule has 5 nitrogen and oxygen atoms in total. The summed E-state index contributed by atoms with van der Waals surface area (Å²) in [5.74, 6) is 0.740. The molecule has 1 aromatic heterocycles. The molecule has 1 N–H and O–H groups in total. The summed E-state index contributed by atoms with van der Waals surface area (Å²) in [6, 6.07) is 9.62. The molecule has 1 fully saturated rings. The van der Waals surface area contributed by atoms with Crippen molar-refractivity contribution in [3.8, 4) is 0 Å². The van der Waals surface area contributed by atoms with Crippen molar-refractivity contribution in [1.82, 2.24) is 14.8 Å². The van der Waals surface area contributed by atoms with Crippen LogP contribution in [0.1, 0.15) is 15.9 Å². The fourth-order valence-corrected chi connectivity index (χ4v) is 3.02. The highest BCUT2D eigenvalue weighted by molar-refractivity contribution is 9.10. The number of rotatable bonds is 3. The van der Waals surface area contributed by atoms with Crippen molar-refractivity contribution in [1.29, 1.82) is 0 Å². The van der Waals surface area contributed by atoms with Crippen LogP contribution in [0.25, 0.3) is 0 Å². The van der Waals surface area contributed by atoms with Gasteiger partial charge in [0.1, 0.15) is 5.82 Å². The van der Waals surface area contributed by atoms with Crippen LogP contribution in [0.2, 0.25) is 0 Å². The van der Waals surface area contributed by atoms with E-state index in [-0.39, 0.29) is 5.91 Å². The Bertz CT molecular complexity index is 742. The smallest absolute Gasteiger partial charge is 0.254 e. The molecule has 0 saturated carbocycles. The van der Waals surface area contributed by atoms with Gasteiger partial charge in [0.05, 0.1) is 0 Å². The SMILES string of the molecule is Cc1ccc(Nc2cc(C(=O)N3CCN(C)CC3)ccn2)cc1Br. The monoisotopic (exact) mass is 388 g/mol. The molecule has 2 aromatic rings. The summed E-state index contributed by atoms with van der Waals surface area (Å²) in [6.45, 7) is 5.41. The molecule has 1 saturated heterocycles. The molecule has 0 unspecified atom stereocenters. The lowest BCUT2D eigenvalue weighted by atomic mass is 10.2. The van der Waals surface area contributed by atoms with Crippen LogP contribution in [-0.2, 0) is 0 Å². The second-order valence-electron chi connectivity index (χ2n) is 6.11. The normalized spacial score (nSPS) is 15.4. The zero-order chi connectivity index (χ0) is 17.1. The maximum Gasteiger partial charge on any atom is 0.254 e. The molecule has 1 aliphatic heterocycles. The molecule has 1 aromatic carbocycles. The molecule has 0 bridgehead atoms. The number of aromatic nitrogens is 1. The number of benzene rings is 1. The number of nitrogens with zero attached hydrogens (tertiary/aromatic N) is 3. The van der Waals surface area contributed by atoms with Crippen molar-refractivity contribution < 1.29 is 4.79 Å². The highest BCUT2D eigenvalue weighted by Crippen LogP contribution is 2.23. The van der Waals surface area contributed by atoms with E-state index in [1.165, 1.54) is 5.56 Å². The van der Waals surface area contributed by atoms with Crippen LogP contribution in [-0.4, -0.2) is 53.9 Å². The fraction of sp³-hybridized carbons (Fsp3) is 0.333. The number of piperazine rings is 1. The lowest BCUT2D eigenvalue weighted by Gasteiger charge is -2.32. The first-order chi connectivity index (χ1) is 11.5. The van der Waals surface area contributed by atoms with Gasteiger partial charge in [0.25, 0.3) is 5.91 Å². The van der Waals surface area contributed by atoms with Crippen molar-refractivity contribution in [2.75, 3.05) is 38.5 Å². The van der Waals surface area contributed by atoms with E-state index in [1.54, 1.807) is 12.3 Å². The van der Waals surface area contributed by atoms with E-state index in [2.05, 4.69) is 38.2 Å². The lowest BCUT2D eigenvalue weighted by Crippen LogP contribution is -2.47. The Kier molecular flexibility index (Phi) is 5.16. The van der Waals surface area contributed by atoms with E-state index in [4.69, 9.17) is 0 Å². The molecule has 6 heteroatoms. The van der Waals surface area contributed by atoms with Crippen molar-refractivity contribution >= 4 is 33.3 Å². The molecule has 0 atom stereocenters. The second-order valence-corrected chi connectivity index (χ2v) is 6.97. The van der Waals surface area contributed by atoms with E-state index < -0.39 is 0 Å². The first-order valence-corrected chi connectivity index (χ1v) is 8.79. The summed E-state index contributed by atoms with van der Waals surface area (Å²) in [4.78, 5) is 21.1. The summed E-state index contributed by atoms with van der Waals surface area (Å²) < 4.78 is 1.04. The third-order valence-corrected chi connectivity index (χ3v) is 5.10. The molecular weight excluding hydrogens is 368 g/mol. The van der Waals surface area contributed by atoms with Gasteiger partial charge in [-0.15, -0.1) is 0 Å². The zero-order valence-corrected chi connectivity index (χ0v) is 15.5. The number of hydrogen-bond acceptors (Lipinski definition) is 4. The maximum absolute atomic E-state index is 12.7. The standard InChI is InChI=1S/C18H21BrN4O/c1-13-3-4-15(12-16(13)19)21-17-11-14(5-6-20-17)18(24)23-9-7-22(2)8-10-23/h3-6,11-12H,7-10H2,1-2H3,(H,20,21). The summed E-state index contributed by atoms with van der Waals surface area (Å²) >= 11 is 3.53. The summed E-state index contributed by atoms with van der Waals surface area (Å²) in [7, 11) is 2.08. The minimum Gasteiger partial charge on any atom is -0.340 e. The minimum atomic E-state index is 0.0682. The molecule has 2 heterocycles. The zero-order valence-electron chi connectivity index (χ0n) is 13.9. The van der Waals surface area contributed by atoms with Crippen molar-refractivity contribution in [2.24, 2.45) is 0 Å². The van der Waals surface area contributed by atoms with Crippen molar-refractivity contribution in [3.63, 3.8) is 0 Å². The van der Waals surface area contributed by atoms with Crippen LogP contribution in [0.3, 0.4) is 0 Å². The predicted octanol–water partition coefficient (Wildman–Crippen LogP) is 3.28. The number of carbonyl (C=O) groups excluding carboxylic acids is 1. The van der Waals surface area contributed by atoms with Gasteiger partial charge in [-0.1, -0.05) is 22.0 Å². The van der Waals surface area contributed by atoms with Gasteiger partial charge in [0, 0.05) is 48.1 Å². The Labute approximate surface area is 150 Å². The van der Waals surface area contributed by atoms with Crippen LogP contribution in [0.5, 0.6) is 0 Å². The number of halogens is 1. The molecule has 3 rings (SSSR count). The van der Waals surface area contributed by atoms with Crippen molar-refractivity contribution in [2.45, 2.75) is 6.92 Å². The van der Waals surface area contributed by atoms with Gasteiger partial charge in [0.2, 0.25) is 0 Å². The van der Waals surface area contributed by atoms with E-state index in [9.17, 15) is 4.79 Å². The highest BCUT2D eigenvalue weighted by Gasteiger charge is 2.20. The quantitative estimate of drug-likeness (QED) is 0.876. The molecule has 1 amide bonds. The van der Waals surface area contributed by atoms with Gasteiger partial charge in [0.15, 0.2) is 0 Å². The number of nitrogens with one attached hydrogen (secondary N) is 1. The van der Waals surface area contributed by atoms with E-state index in [1.807, 2.05) is 36.1 Å². The van der Waals surface area contributed by atoms with Crippen LogP contribution in [0.15, 0.2) is 41.0 Å². The van der Waals surface area contributed by atoms with Gasteiger partial charge in [-0.25, -0.2) is 4.98 Å². The van der Waals surface area contributed by atoms with Crippen molar-refractivity contribution in [3.05, 3.63) is 52.1 Å². The Morgan fingerprint density at radius 1 is 1.17 bits per heavy atom. The third-order valence-electron chi connectivity index (χ3n) is 4.24. The largest absolute Gasteiger partial charge is 0.340 e. The molecule has 1 aliphatic rings. The summed E-state index contributed by atoms with van der Waals surface area (Å²) in [6.07, 6.45) is 1.68. The first-order valence-electron chi connectivity index (χ1n) is 8.00. The minimum absolute atomic E-state index is 0.0682. The number of anilines is 2. The molecule has 0 radical (unpaired) electrons. The Balaban J connectivity index is 1.73. The third kappa shape index (κ3) is 3.94. The fourth-order valence-electron chi connectivity index (χ4n) is 2.64. The van der Waals surface area contributed by atoms with Crippen LogP contribution in [0, 0.1) is 6.92 Å². The second kappa shape index (κ2) is 7.32. The summed E-state index contributed by atoms with van der Waals surface area (Å²) in [5, 5.41) is 3.26. The van der Waals surface area contributed by atoms with E-state index >= 15 is 0 Å². The van der Waals surface area contributed by atoms with Crippen LogP contribution in [0.4, 0.5) is 11.5 Å². The number of aryl methyl sites for hydroxylation is 1. The van der Waals surface area contributed by atoms with E-state index in [0.29, 0.717) is 11.4 Å². The van der Waals surface area contributed by atoms with Gasteiger partial charge in [-0.2, -0.15) is 0 Å². The molecular formula is C18H21BrN4O. The number of likely N-dealkylation sites (N-methyl/N-ethyl adjacent to an activating group) is 1. The average Bonchev–Trinajstić information content (AvgIpc) is 2.58. The van der Waals surface area contributed by atoms with Gasteiger partial charge < -0.3 is 15.1 Å². The number of pyridine rings is 1. The highest BCUT2D eigenvalue weighted by atomic mass is 79.9. The Morgan fingerprint density at radius 3 is 2.62 bits per heavy atom.